The van der Waals surface area contributed by atoms with E-state index in [0.717, 1.165) is 51.4 Å². The molecule has 2 saturated heterocycles. The van der Waals surface area contributed by atoms with E-state index in [4.69, 9.17) is 21.7 Å². The van der Waals surface area contributed by atoms with Crippen LogP contribution in [0.4, 0.5) is 4.39 Å². The van der Waals surface area contributed by atoms with Crippen molar-refractivity contribution >= 4 is 27.2 Å². The number of nitrogens with one attached hydrogen (secondary N) is 1. The molecule has 0 aliphatic carbocycles. The molecule has 0 radical (unpaired) electrons. The Hall–Kier alpha value is -2.12. The third-order valence-corrected chi connectivity index (χ3v) is 8.63. The molecule has 1 N–H and O–H groups in total. The first-order valence-electron chi connectivity index (χ1n) is 12.8. The maximum atomic E-state index is 14.3. The number of benzene rings is 1. The van der Waals surface area contributed by atoms with Crippen molar-refractivity contribution in [1.82, 2.24) is 24.7 Å². The summed E-state index contributed by atoms with van der Waals surface area (Å²) in [4.78, 5) is 8.72. The molecule has 1 aromatic carbocycles. The van der Waals surface area contributed by atoms with Crippen LogP contribution in [0.3, 0.4) is 0 Å². The largest absolute Gasteiger partial charge is 0.379 e. The lowest BCUT2D eigenvalue weighted by Gasteiger charge is -2.31. The molecule has 1 aromatic heterocycles. The number of sulfone groups is 1. The van der Waals surface area contributed by atoms with Gasteiger partial charge in [-0.3, -0.25) is 4.90 Å². The van der Waals surface area contributed by atoms with Crippen molar-refractivity contribution in [2.24, 2.45) is 0 Å². The van der Waals surface area contributed by atoms with Gasteiger partial charge in [0.1, 0.15) is 5.82 Å². The van der Waals surface area contributed by atoms with E-state index in [9.17, 15) is 12.8 Å². The molecule has 2 aliphatic heterocycles. The molecule has 4 rings (SSSR count). The zero-order chi connectivity index (χ0) is 26.3. The molecule has 0 unspecified atom stereocenters. The molecule has 0 spiro atoms. The molecule has 1 atom stereocenters. The van der Waals surface area contributed by atoms with Crippen molar-refractivity contribution in [3.8, 4) is 0 Å². The summed E-state index contributed by atoms with van der Waals surface area (Å²) < 4.78 is 54.2. The molecule has 0 amide bonds. The minimum Gasteiger partial charge on any atom is -0.379 e. The van der Waals surface area contributed by atoms with Gasteiger partial charge in [-0.1, -0.05) is 18.2 Å². The summed E-state index contributed by atoms with van der Waals surface area (Å²) in [7, 11) is -3.92. The minimum absolute atomic E-state index is 0.0660. The molecular weight excluding hydrogens is 517 g/mol. The number of hydrogen-bond acceptors (Lipinski definition) is 7. The van der Waals surface area contributed by atoms with E-state index < -0.39 is 21.4 Å². The highest BCUT2D eigenvalue weighted by atomic mass is 32.2. The Morgan fingerprint density at radius 2 is 2.05 bits per heavy atom. The minimum atomic E-state index is -3.92. The van der Waals surface area contributed by atoms with Crippen molar-refractivity contribution in [3.05, 3.63) is 47.5 Å². The summed E-state index contributed by atoms with van der Waals surface area (Å²) in [5.74, 6) is -1.01. The van der Waals surface area contributed by atoms with Crippen molar-refractivity contribution in [1.29, 1.82) is 0 Å². The third kappa shape index (κ3) is 7.47. The molecular formula is C25H36FN5O4S2. The summed E-state index contributed by atoms with van der Waals surface area (Å²) in [5.41, 5.74) is 0.848. The van der Waals surface area contributed by atoms with Gasteiger partial charge in [0.25, 0.3) is 0 Å². The molecule has 12 heteroatoms. The first kappa shape index (κ1) is 27.9. The second kappa shape index (κ2) is 13.1. The number of hydrogen-bond donors (Lipinski definition) is 1. The number of rotatable bonds is 11. The summed E-state index contributed by atoms with van der Waals surface area (Å²) in [6, 6.07) is 5.93. The van der Waals surface area contributed by atoms with Crippen molar-refractivity contribution < 1.29 is 22.3 Å². The van der Waals surface area contributed by atoms with Crippen molar-refractivity contribution in [3.63, 3.8) is 0 Å². The van der Waals surface area contributed by atoms with E-state index in [1.54, 1.807) is 22.9 Å². The quantitative estimate of drug-likeness (QED) is 0.421. The van der Waals surface area contributed by atoms with Gasteiger partial charge in [0.05, 0.1) is 50.1 Å². The van der Waals surface area contributed by atoms with Crippen LogP contribution >= 0.6 is 12.2 Å². The van der Waals surface area contributed by atoms with Gasteiger partial charge in [-0.25, -0.2) is 17.8 Å². The number of aromatic nitrogens is 2. The molecule has 37 heavy (non-hydrogen) atoms. The predicted molar refractivity (Wildman–Crippen MR) is 142 cm³/mol. The number of ether oxygens (including phenoxy) is 2. The lowest BCUT2D eigenvalue weighted by Crippen LogP contribution is -2.46. The van der Waals surface area contributed by atoms with Gasteiger partial charge in [0, 0.05) is 44.9 Å². The van der Waals surface area contributed by atoms with Crippen LogP contribution in [0.1, 0.15) is 31.0 Å². The van der Waals surface area contributed by atoms with Crippen LogP contribution < -0.4 is 5.32 Å². The number of thiocarbonyl (C=S) groups is 1. The smallest absolute Gasteiger partial charge is 0.228 e. The third-order valence-electron chi connectivity index (χ3n) is 6.65. The van der Waals surface area contributed by atoms with Crippen LogP contribution in [-0.4, -0.2) is 91.5 Å². The average Bonchev–Trinajstić information content (AvgIpc) is 3.54. The van der Waals surface area contributed by atoms with Crippen LogP contribution in [0.2, 0.25) is 0 Å². The van der Waals surface area contributed by atoms with E-state index >= 15 is 0 Å². The molecule has 2 fully saturated rings. The van der Waals surface area contributed by atoms with Crippen LogP contribution in [0, 0.1) is 5.82 Å². The van der Waals surface area contributed by atoms with Gasteiger partial charge in [0.15, 0.2) is 5.11 Å². The van der Waals surface area contributed by atoms with E-state index in [1.165, 1.54) is 12.1 Å². The normalized spacial score (nSPS) is 18.7. The molecule has 2 aromatic rings. The highest BCUT2D eigenvalue weighted by molar-refractivity contribution is 7.90. The standard InChI is InChI=1S/C25H36FN5O4S2/c1-2-27-24(36)30(10-9-29-11-14-34-15-12-29)17-21-16-28-25(31(21)18-22-7-5-13-35-22)37(32,33)19-20-6-3-4-8-23(20)26/h3-4,6,8,16,22H,2,5,7,9-15,17-19H2,1H3,(H,27,36)/t22-/m0/s1. The Bertz CT molecular complexity index is 1150. The monoisotopic (exact) mass is 553 g/mol. The van der Waals surface area contributed by atoms with Gasteiger partial charge in [-0.05, 0) is 38.0 Å². The number of morpholine rings is 1. The Balaban J connectivity index is 1.59. The molecule has 9 nitrogen and oxygen atoms in total. The fourth-order valence-corrected chi connectivity index (χ4v) is 6.45. The molecule has 3 heterocycles. The zero-order valence-electron chi connectivity index (χ0n) is 21.3. The number of imidazole rings is 1. The SMILES string of the molecule is CCNC(=S)N(CCN1CCOCC1)Cc1cnc(S(=O)(=O)Cc2ccccc2F)n1C[C@@H]1CCCO1. The molecule has 0 saturated carbocycles. The fourth-order valence-electron chi connectivity index (χ4n) is 4.64. The summed E-state index contributed by atoms with van der Waals surface area (Å²) in [6.07, 6.45) is 3.28. The number of halogens is 1. The lowest BCUT2D eigenvalue weighted by atomic mass is 10.2. The Morgan fingerprint density at radius 1 is 1.27 bits per heavy atom. The van der Waals surface area contributed by atoms with E-state index in [1.807, 2.05) is 11.8 Å². The topological polar surface area (TPSA) is 88.9 Å². The summed E-state index contributed by atoms with van der Waals surface area (Å²) >= 11 is 5.67. The Kier molecular flexibility index (Phi) is 9.88. The predicted octanol–water partition coefficient (Wildman–Crippen LogP) is 2.20. The van der Waals surface area contributed by atoms with Gasteiger partial charge in [-0.15, -0.1) is 0 Å². The van der Waals surface area contributed by atoms with Gasteiger partial charge in [-0.2, -0.15) is 0 Å². The molecule has 204 valence electrons. The van der Waals surface area contributed by atoms with E-state index in [0.29, 0.717) is 37.9 Å². The first-order valence-corrected chi connectivity index (χ1v) is 14.9. The second-order valence-corrected chi connectivity index (χ2v) is 11.6. The van der Waals surface area contributed by atoms with E-state index in [-0.39, 0.29) is 16.8 Å². The lowest BCUT2D eigenvalue weighted by molar-refractivity contribution is 0.0356. The maximum absolute atomic E-state index is 14.3. The van der Waals surface area contributed by atoms with Crippen LogP contribution in [-0.2, 0) is 38.2 Å². The highest BCUT2D eigenvalue weighted by Crippen LogP contribution is 2.23. The molecule has 0 bridgehead atoms. The Morgan fingerprint density at radius 3 is 2.76 bits per heavy atom. The zero-order valence-corrected chi connectivity index (χ0v) is 22.9. The second-order valence-electron chi connectivity index (χ2n) is 9.34. The highest BCUT2D eigenvalue weighted by Gasteiger charge is 2.28. The Labute approximate surface area is 223 Å². The van der Waals surface area contributed by atoms with Gasteiger partial charge >= 0.3 is 0 Å². The van der Waals surface area contributed by atoms with Gasteiger partial charge < -0.3 is 24.3 Å². The van der Waals surface area contributed by atoms with Gasteiger partial charge in [0.2, 0.25) is 15.0 Å². The fraction of sp³-hybridized carbons (Fsp3) is 0.600. The van der Waals surface area contributed by atoms with Crippen LogP contribution in [0.5, 0.6) is 0 Å². The van der Waals surface area contributed by atoms with E-state index in [2.05, 4.69) is 15.2 Å². The average molecular weight is 554 g/mol. The first-order chi connectivity index (χ1) is 17.9. The van der Waals surface area contributed by atoms with Crippen molar-refractivity contribution in [2.45, 2.75) is 49.9 Å². The summed E-state index contributed by atoms with van der Waals surface area (Å²) in [5, 5.41) is 3.76. The van der Waals surface area contributed by atoms with Crippen molar-refractivity contribution in [2.75, 3.05) is 52.5 Å². The van der Waals surface area contributed by atoms with Crippen LogP contribution in [0.15, 0.2) is 35.6 Å². The molecule has 2 aliphatic rings. The van der Waals surface area contributed by atoms with Crippen LogP contribution in [0.25, 0.3) is 0 Å². The maximum Gasteiger partial charge on any atom is 0.228 e. The number of nitrogens with zero attached hydrogens (tertiary/aromatic N) is 4. The summed E-state index contributed by atoms with van der Waals surface area (Å²) in [6.45, 7) is 8.76.